The number of carboxylic acid groups (broad SMARTS) is 1. The molecule has 0 bridgehead atoms. The lowest BCUT2D eigenvalue weighted by Gasteiger charge is -2.07. The van der Waals surface area contributed by atoms with Gasteiger partial charge in [0.15, 0.2) is 0 Å². The molecule has 0 spiro atoms. The van der Waals surface area contributed by atoms with Crippen LogP contribution in [0.3, 0.4) is 0 Å². The summed E-state index contributed by atoms with van der Waals surface area (Å²) in [5.74, 6) is -1.02. The average molecular weight is 305 g/mol. The van der Waals surface area contributed by atoms with Crippen LogP contribution in [0.25, 0.3) is 16.7 Å². The Morgan fingerprint density at radius 1 is 1.33 bits per heavy atom. The van der Waals surface area contributed by atoms with Crippen molar-refractivity contribution in [2.24, 2.45) is 0 Å². The van der Waals surface area contributed by atoms with Gasteiger partial charge in [0.25, 0.3) is 0 Å². The molecule has 0 saturated carbocycles. The number of imidazole rings is 1. The lowest BCUT2D eigenvalue weighted by Crippen LogP contribution is -1.99. The second-order valence-electron chi connectivity index (χ2n) is 4.57. The first-order chi connectivity index (χ1) is 9.99. The number of carboxylic acids is 1. The number of carbonyl (C=O) groups is 1. The fraction of sp³-hybridized carbons (Fsp3) is 0.0667. The van der Waals surface area contributed by atoms with E-state index >= 15 is 0 Å². The summed E-state index contributed by atoms with van der Waals surface area (Å²) in [6.07, 6.45) is 0. The zero-order valence-electron chi connectivity index (χ0n) is 11.0. The van der Waals surface area contributed by atoms with Gasteiger partial charge in [-0.15, -0.1) is 0 Å². The second-order valence-corrected chi connectivity index (χ2v) is 4.98. The Bertz CT molecular complexity index is 873. The Balaban J connectivity index is 2.32. The predicted octanol–water partition coefficient (Wildman–Crippen LogP) is 3.82. The number of hydrogen-bond donors (Lipinski definition) is 1. The molecule has 0 saturated heterocycles. The SMILES string of the molecule is Cc1nc2c(C(=O)O)cccc2n1-c1ccc(Cl)c(F)c1. The normalized spacial score (nSPS) is 11.0. The van der Waals surface area contributed by atoms with Crippen LogP contribution >= 0.6 is 11.6 Å². The Morgan fingerprint density at radius 2 is 2.10 bits per heavy atom. The molecule has 0 radical (unpaired) electrons. The third kappa shape index (κ3) is 2.15. The number of hydrogen-bond acceptors (Lipinski definition) is 2. The molecule has 4 nitrogen and oxygen atoms in total. The number of halogens is 2. The molecule has 0 amide bonds. The maximum absolute atomic E-state index is 13.7. The van der Waals surface area contributed by atoms with Crippen molar-refractivity contribution in [3.8, 4) is 5.69 Å². The number of rotatable bonds is 2. The van der Waals surface area contributed by atoms with E-state index in [1.54, 1.807) is 29.7 Å². The lowest BCUT2D eigenvalue weighted by molar-refractivity contribution is 0.0699. The molecule has 3 aromatic rings. The molecule has 0 atom stereocenters. The summed E-state index contributed by atoms with van der Waals surface area (Å²) in [4.78, 5) is 15.5. The van der Waals surface area contributed by atoms with E-state index in [1.165, 1.54) is 18.2 Å². The first-order valence-corrected chi connectivity index (χ1v) is 6.53. The Hall–Kier alpha value is -2.40. The van der Waals surface area contributed by atoms with Crippen molar-refractivity contribution in [1.29, 1.82) is 0 Å². The van der Waals surface area contributed by atoms with Gasteiger partial charge in [0.05, 0.1) is 21.8 Å². The first-order valence-electron chi connectivity index (χ1n) is 6.16. The largest absolute Gasteiger partial charge is 0.478 e. The molecule has 2 aromatic carbocycles. The van der Waals surface area contributed by atoms with E-state index in [2.05, 4.69) is 4.98 Å². The number of para-hydroxylation sites is 1. The van der Waals surface area contributed by atoms with Gasteiger partial charge in [0.1, 0.15) is 17.2 Å². The lowest BCUT2D eigenvalue weighted by atomic mass is 10.2. The van der Waals surface area contributed by atoms with Crippen LogP contribution in [-0.2, 0) is 0 Å². The summed E-state index contributed by atoms with van der Waals surface area (Å²) in [7, 11) is 0. The van der Waals surface area contributed by atoms with E-state index < -0.39 is 11.8 Å². The van der Waals surface area contributed by atoms with Crippen LogP contribution in [0.1, 0.15) is 16.2 Å². The minimum atomic E-state index is -1.05. The Labute approximate surface area is 124 Å². The van der Waals surface area contributed by atoms with Crippen molar-refractivity contribution in [3.05, 3.63) is 58.6 Å². The molecule has 0 fully saturated rings. The third-order valence-electron chi connectivity index (χ3n) is 3.24. The molecule has 1 heterocycles. The summed E-state index contributed by atoms with van der Waals surface area (Å²) in [6, 6.07) is 9.28. The number of benzene rings is 2. The topological polar surface area (TPSA) is 55.1 Å². The van der Waals surface area contributed by atoms with Crippen LogP contribution in [0, 0.1) is 12.7 Å². The molecular weight excluding hydrogens is 295 g/mol. The maximum Gasteiger partial charge on any atom is 0.337 e. The quantitative estimate of drug-likeness (QED) is 0.783. The van der Waals surface area contributed by atoms with Gasteiger partial charge in [-0.1, -0.05) is 17.7 Å². The zero-order chi connectivity index (χ0) is 15.1. The summed E-state index contributed by atoms with van der Waals surface area (Å²) >= 11 is 5.69. The highest BCUT2D eigenvalue weighted by Gasteiger charge is 2.16. The van der Waals surface area contributed by atoms with E-state index in [4.69, 9.17) is 11.6 Å². The van der Waals surface area contributed by atoms with Crippen molar-refractivity contribution in [3.63, 3.8) is 0 Å². The molecule has 21 heavy (non-hydrogen) atoms. The minimum absolute atomic E-state index is 0.0343. The number of nitrogens with zero attached hydrogens (tertiary/aromatic N) is 2. The van der Waals surface area contributed by atoms with E-state index in [9.17, 15) is 14.3 Å². The fourth-order valence-electron chi connectivity index (χ4n) is 2.34. The molecule has 0 aliphatic rings. The number of aryl methyl sites for hydroxylation is 1. The van der Waals surface area contributed by atoms with Gasteiger partial charge in [0.2, 0.25) is 0 Å². The summed E-state index contributed by atoms with van der Waals surface area (Å²) in [5.41, 5.74) is 1.63. The molecule has 6 heteroatoms. The Kier molecular flexibility index (Phi) is 3.14. The smallest absolute Gasteiger partial charge is 0.337 e. The van der Waals surface area contributed by atoms with Crippen LogP contribution in [0.5, 0.6) is 0 Å². The highest BCUT2D eigenvalue weighted by Crippen LogP contribution is 2.26. The highest BCUT2D eigenvalue weighted by molar-refractivity contribution is 6.30. The molecule has 1 aromatic heterocycles. The minimum Gasteiger partial charge on any atom is -0.478 e. The van der Waals surface area contributed by atoms with Gasteiger partial charge in [-0.2, -0.15) is 0 Å². The molecule has 0 aliphatic carbocycles. The van der Waals surface area contributed by atoms with Gasteiger partial charge in [-0.3, -0.25) is 4.57 Å². The zero-order valence-corrected chi connectivity index (χ0v) is 11.7. The van der Waals surface area contributed by atoms with Gasteiger partial charge in [0, 0.05) is 0 Å². The van der Waals surface area contributed by atoms with E-state index in [0.717, 1.165) is 0 Å². The fourth-order valence-corrected chi connectivity index (χ4v) is 2.46. The summed E-state index contributed by atoms with van der Waals surface area (Å²) in [6.45, 7) is 1.73. The van der Waals surface area contributed by atoms with Gasteiger partial charge < -0.3 is 5.11 Å². The molecule has 0 unspecified atom stereocenters. The maximum atomic E-state index is 13.7. The van der Waals surface area contributed by atoms with Crippen LogP contribution in [-0.4, -0.2) is 20.6 Å². The molecule has 3 rings (SSSR count). The Morgan fingerprint density at radius 3 is 2.76 bits per heavy atom. The molecule has 0 aliphatic heterocycles. The van der Waals surface area contributed by atoms with Gasteiger partial charge in [-0.25, -0.2) is 14.2 Å². The molecule has 1 N–H and O–H groups in total. The van der Waals surface area contributed by atoms with Crippen molar-refractivity contribution in [2.45, 2.75) is 6.92 Å². The monoisotopic (exact) mass is 304 g/mol. The van der Waals surface area contributed by atoms with Crippen molar-refractivity contribution < 1.29 is 14.3 Å². The van der Waals surface area contributed by atoms with Gasteiger partial charge >= 0.3 is 5.97 Å². The number of fused-ring (bicyclic) bond motifs is 1. The number of aromatic nitrogens is 2. The van der Waals surface area contributed by atoms with Crippen LogP contribution in [0.15, 0.2) is 36.4 Å². The van der Waals surface area contributed by atoms with Crippen molar-refractivity contribution in [1.82, 2.24) is 9.55 Å². The molecule has 106 valence electrons. The van der Waals surface area contributed by atoms with E-state index in [1.807, 2.05) is 0 Å². The third-order valence-corrected chi connectivity index (χ3v) is 3.55. The van der Waals surface area contributed by atoms with E-state index in [-0.39, 0.29) is 10.6 Å². The van der Waals surface area contributed by atoms with Crippen molar-refractivity contribution >= 4 is 28.6 Å². The standard InChI is InChI=1S/C15H10ClFN2O2/c1-8-18-14-10(15(20)21)3-2-4-13(14)19(8)9-5-6-11(16)12(17)7-9/h2-7H,1H3,(H,20,21). The second kappa shape index (κ2) is 4.86. The van der Waals surface area contributed by atoms with E-state index in [0.29, 0.717) is 22.5 Å². The van der Waals surface area contributed by atoms with Crippen molar-refractivity contribution in [2.75, 3.05) is 0 Å². The summed E-state index contributed by atoms with van der Waals surface area (Å²) < 4.78 is 15.3. The number of aromatic carboxylic acids is 1. The van der Waals surface area contributed by atoms with Crippen LogP contribution in [0.2, 0.25) is 5.02 Å². The average Bonchev–Trinajstić information content (AvgIpc) is 2.77. The van der Waals surface area contributed by atoms with Gasteiger partial charge in [-0.05, 0) is 37.3 Å². The predicted molar refractivity (Wildman–Crippen MR) is 77.7 cm³/mol. The molecular formula is C15H10ClFN2O2. The summed E-state index contributed by atoms with van der Waals surface area (Å²) in [5, 5.41) is 9.24. The van der Waals surface area contributed by atoms with Crippen LogP contribution in [0.4, 0.5) is 4.39 Å². The first kappa shape index (κ1) is 13.6. The highest BCUT2D eigenvalue weighted by atomic mass is 35.5. The van der Waals surface area contributed by atoms with Crippen LogP contribution < -0.4 is 0 Å².